The first-order valence-corrected chi connectivity index (χ1v) is 9.74. The van der Waals surface area contributed by atoms with Crippen molar-refractivity contribution < 1.29 is 13.9 Å². The Balaban J connectivity index is 1.56. The monoisotopic (exact) mass is 423 g/mol. The van der Waals surface area contributed by atoms with Crippen molar-refractivity contribution in [3.63, 3.8) is 0 Å². The van der Waals surface area contributed by atoms with Crippen LogP contribution in [0.25, 0.3) is 0 Å². The SMILES string of the molecule is COc1ccc(Nc2nc(NN=Cc3cccc(F)c3)nc(N3CCOCC3)n2)cc1. The van der Waals surface area contributed by atoms with E-state index in [1.807, 2.05) is 29.2 Å². The third kappa shape index (κ3) is 5.64. The molecule has 4 rings (SSSR count). The van der Waals surface area contributed by atoms with Crippen LogP contribution in [-0.4, -0.2) is 54.6 Å². The minimum Gasteiger partial charge on any atom is -0.497 e. The van der Waals surface area contributed by atoms with Crippen molar-refractivity contribution >= 4 is 29.7 Å². The van der Waals surface area contributed by atoms with E-state index in [-0.39, 0.29) is 11.8 Å². The first-order valence-electron chi connectivity index (χ1n) is 9.74. The van der Waals surface area contributed by atoms with Crippen molar-refractivity contribution in [1.82, 2.24) is 15.0 Å². The van der Waals surface area contributed by atoms with E-state index in [1.165, 1.54) is 18.3 Å². The van der Waals surface area contributed by atoms with Gasteiger partial charge in [0, 0.05) is 18.8 Å². The average Bonchev–Trinajstić information content (AvgIpc) is 2.80. The molecule has 9 nitrogen and oxygen atoms in total. The Bertz CT molecular complexity index is 1040. The molecule has 0 aliphatic carbocycles. The quantitative estimate of drug-likeness (QED) is 0.442. The van der Waals surface area contributed by atoms with E-state index in [0.29, 0.717) is 43.8 Å². The summed E-state index contributed by atoms with van der Waals surface area (Å²) in [5.74, 6) is 1.57. The van der Waals surface area contributed by atoms with E-state index in [0.717, 1.165) is 11.4 Å². The van der Waals surface area contributed by atoms with Gasteiger partial charge in [0.2, 0.25) is 17.8 Å². The van der Waals surface area contributed by atoms with Crippen LogP contribution < -0.4 is 20.4 Å². The highest BCUT2D eigenvalue weighted by Crippen LogP contribution is 2.21. The summed E-state index contributed by atoms with van der Waals surface area (Å²) < 4.78 is 23.9. The molecule has 31 heavy (non-hydrogen) atoms. The lowest BCUT2D eigenvalue weighted by Gasteiger charge is -2.27. The topological polar surface area (TPSA) is 96.8 Å². The molecule has 0 spiro atoms. The van der Waals surface area contributed by atoms with Gasteiger partial charge in [0.1, 0.15) is 11.6 Å². The summed E-state index contributed by atoms with van der Waals surface area (Å²) >= 11 is 0. The molecule has 0 atom stereocenters. The summed E-state index contributed by atoms with van der Waals surface area (Å²) in [6.45, 7) is 2.57. The van der Waals surface area contributed by atoms with Gasteiger partial charge in [0.15, 0.2) is 0 Å². The van der Waals surface area contributed by atoms with Crippen molar-refractivity contribution in [3.8, 4) is 5.75 Å². The van der Waals surface area contributed by atoms with E-state index < -0.39 is 0 Å². The number of nitrogens with one attached hydrogen (secondary N) is 2. The second-order valence-corrected chi connectivity index (χ2v) is 6.66. The van der Waals surface area contributed by atoms with Crippen LogP contribution in [0.1, 0.15) is 5.56 Å². The van der Waals surface area contributed by atoms with E-state index >= 15 is 0 Å². The second kappa shape index (κ2) is 9.81. The largest absolute Gasteiger partial charge is 0.497 e. The molecule has 1 aromatic heterocycles. The minimum atomic E-state index is -0.329. The summed E-state index contributed by atoms with van der Waals surface area (Å²) in [6, 6.07) is 13.5. The zero-order chi connectivity index (χ0) is 21.5. The molecule has 2 N–H and O–H groups in total. The van der Waals surface area contributed by atoms with E-state index in [1.54, 1.807) is 19.2 Å². The van der Waals surface area contributed by atoms with Gasteiger partial charge in [-0.25, -0.2) is 9.82 Å². The molecule has 1 aliphatic rings. The minimum absolute atomic E-state index is 0.264. The molecule has 1 aliphatic heterocycles. The van der Waals surface area contributed by atoms with Gasteiger partial charge in [-0.1, -0.05) is 12.1 Å². The number of benzene rings is 2. The summed E-state index contributed by atoms with van der Waals surface area (Å²) in [6.07, 6.45) is 1.50. The Kier molecular flexibility index (Phi) is 6.48. The number of hydrogen-bond donors (Lipinski definition) is 2. The first kappa shape index (κ1) is 20.5. The Morgan fingerprint density at radius 2 is 1.84 bits per heavy atom. The maximum Gasteiger partial charge on any atom is 0.250 e. The molecule has 0 unspecified atom stereocenters. The number of rotatable bonds is 7. The number of methoxy groups -OCH3 is 1. The number of hydrogen-bond acceptors (Lipinski definition) is 9. The lowest BCUT2D eigenvalue weighted by molar-refractivity contribution is 0.122. The van der Waals surface area contributed by atoms with Crippen LogP contribution >= 0.6 is 0 Å². The Labute approximate surface area is 179 Å². The zero-order valence-electron chi connectivity index (χ0n) is 17.0. The summed E-state index contributed by atoms with van der Waals surface area (Å²) in [7, 11) is 1.62. The number of morpholine rings is 1. The Hall–Kier alpha value is -3.79. The van der Waals surface area contributed by atoms with Crippen molar-refractivity contribution in [2.75, 3.05) is 49.1 Å². The predicted octanol–water partition coefficient (Wildman–Crippen LogP) is 3.05. The highest BCUT2D eigenvalue weighted by atomic mass is 19.1. The average molecular weight is 423 g/mol. The number of aromatic nitrogens is 3. The van der Waals surface area contributed by atoms with Crippen LogP contribution in [0.3, 0.4) is 0 Å². The van der Waals surface area contributed by atoms with Crippen LogP contribution in [0.15, 0.2) is 53.6 Å². The lowest BCUT2D eigenvalue weighted by atomic mass is 10.2. The van der Waals surface area contributed by atoms with Gasteiger partial charge in [-0.05, 0) is 42.0 Å². The third-order valence-corrected chi connectivity index (χ3v) is 4.49. The van der Waals surface area contributed by atoms with Crippen molar-refractivity contribution in [2.45, 2.75) is 0 Å². The predicted molar refractivity (Wildman–Crippen MR) is 117 cm³/mol. The number of hydrazone groups is 1. The fraction of sp³-hybridized carbons (Fsp3) is 0.238. The maximum atomic E-state index is 13.3. The Morgan fingerprint density at radius 1 is 1.06 bits per heavy atom. The zero-order valence-corrected chi connectivity index (χ0v) is 17.0. The van der Waals surface area contributed by atoms with Crippen LogP contribution in [-0.2, 0) is 4.74 Å². The third-order valence-electron chi connectivity index (χ3n) is 4.49. The van der Waals surface area contributed by atoms with E-state index in [4.69, 9.17) is 9.47 Å². The summed E-state index contributed by atoms with van der Waals surface area (Å²) in [5, 5.41) is 7.30. The van der Waals surface area contributed by atoms with Crippen molar-refractivity contribution in [1.29, 1.82) is 0 Å². The van der Waals surface area contributed by atoms with Gasteiger partial charge in [-0.2, -0.15) is 20.1 Å². The number of halogens is 1. The van der Waals surface area contributed by atoms with Crippen LogP contribution in [0, 0.1) is 5.82 Å². The molecular formula is C21H22FN7O2. The molecular weight excluding hydrogens is 401 g/mol. The smallest absolute Gasteiger partial charge is 0.250 e. The lowest BCUT2D eigenvalue weighted by Crippen LogP contribution is -2.37. The molecule has 0 bridgehead atoms. The molecule has 2 aromatic carbocycles. The normalized spacial score (nSPS) is 13.9. The van der Waals surface area contributed by atoms with E-state index in [2.05, 4.69) is 30.8 Å². The molecule has 2 heterocycles. The fourth-order valence-electron chi connectivity index (χ4n) is 2.93. The molecule has 1 saturated heterocycles. The van der Waals surface area contributed by atoms with Gasteiger partial charge in [-0.15, -0.1) is 0 Å². The molecule has 0 radical (unpaired) electrons. The van der Waals surface area contributed by atoms with Crippen LogP contribution in [0.4, 0.5) is 27.9 Å². The molecule has 3 aromatic rings. The first-order chi connectivity index (χ1) is 15.2. The molecule has 1 fully saturated rings. The molecule has 0 amide bonds. The van der Waals surface area contributed by atoms with Crippen LogP contribution in [0.5, 0.6) is 5.75 Å². The molecule has 0 saturated carbocycles. The van der Waals surface area contributed by atoms with Gasteiger partial charge in [-0.3, -0.25) is 0 Å². The highest BCUT2D eigenvalue weighted by molar-refractivity contribution is 5.79. The van der Waals surface area contributed by atoms with Gasteiger partial charge in [0.05, 0.1) is 26.5 Å². The number of anilines is 4. The second-order valence-electron chi connectivity index (χ2n) is 6.66. The standard InChI is InChI=1S/C21H22FN7O2/c1-30-18-7-5-17(6-8-18)24-19-25-20(27-21(26-19)29-9-11-31-12-10-29)28-23-14-15-3-2-4-16(22)13-15/h2-8,13-14H,9-12H2,1H3,(H2,24,25,26,27,28). The highest BCUT2D eigenvalue weighted by Gasteiger charge is 2.16. The fourth-order valence-corrected chi connectivity index (χ4v) is 2.93. The van der Waals surface area contributed by atoms with Gasteiger partial charge >= 0.3 is 0 Å². The molecule has 160 valence electrons. The van der Waals surface area contributed by atoms with Gasteiger partial charge in [0.25, 0.3) is 0 Å². The van der Waals surface area contributed by atoms with Crippen molar-refractivity contribution in [3.05, 3.63) is 59.9 Å². The van der Waals surface area contributed by atoms with E-state index in [9.17, 15) is 4.39 Å². The summed E-state index contributed by atoms with van der Waals surface area (Å²) in [5.41, 5.74) is 4.22. The van der Waals surface area contributed by atoms with Crippen molar-refractivity contribution in [2.24, 2.45) is 5.10 Å². The van der Waals surface area contributed by atoms with Crippen LogP contribution in [0.2, 0.25) is 0 Å². The molecule has 10 heteroatoms. The number of nitrogens with zero attached hydrogens (tertiary/aromatic N) is 5. The van der Waals surface area contributed by atoms with Gasteiger partial charge < -0.3 is 19.7 Å². The summed E-state index contributed by atoms with van der Waals surface area (Å²) in [4.78, 5) is 15.4. The maximum absolute atomic E-state index is 13.3. The Morgan fingerprint density at radius 3 is 2.58 bits per heavy atom. The number of ether oxygens (including phenoxy) is 2.